The van der Waals surface area contributed by atoms with Gasteiger partial charge in [-0.25, -0.2) is 0 Å². The molecule has 0 aliphatic heterocycles. The number of aromatic amines is 1. The first-order chi connectivity index (χ1) is 13.2. The predicted octanol–water partition coefficient (Wildman–Crippen LogP) is 5.33. The first kappa shape index (κ1) is 18.1. The van der Waals surface area contributed by atoms with Gasteiger partial charge in [0.1, 0.15) is 12.4 Å². The molecule has 0 fully saturated rings. The van der Waals surface area contributed by atoms with Gasteiger partial charge in [0.2, 0.25) is 0 Å². The average molecular weight is 363 g/mol. The molecule has 27 heavy (non-hydrogen) atoms. The maximum absolute atomic E-state index is 6.11. The molecular weight excluding hydrogens is 332 g/mol. The molecule has 3 aromatic rings. The van der Waals surface area contributed by atoms with E-state index in [0.717, 1.165) is 31.6 Å². The standard InChI is InChI=1S/C24H30N2O/c1-3-24(4-2)14-18(15-25)12-21-20-13-19(10-11-22(20)26-23(21)24)27-16-17-8-6-5-7-9-17/h5-11,13,18,26H,3-4,12,14-16,25H2,1-2H3. The zero-order chi connectivity index (χ0) is 18.9. The van der Waals surface area contributed by atoms with Gasteiger partial charge >= 0.3 is 0 Å². The van der Waals surface area contributed by atoms with Gasteiger partial charge in [0.05, 0.1) is 0 Å². The molecule has 1 aliphatic rings. The van der Waals surface area contributed by atoms with Crippen molar-refractivity contribution >= 4 is 10.9 Å². The van der Waals surface area contributed by atoms with Crippen molar-refractivity contribution in [3.63, 3.8) is 0 Å². The Labute approximate surface area is 161 Å². The van der Waals surface area contributed by atoms with Crippen LogP contribution in [0.1, 0.15) is 49.9 Å². The second-order valence-corrected chi connectivity index (χ2v) is 7.96. The van der Waals surface area contributed by atoms with Crippen LogP contribution < -0.4 is 10.5 Å². The minimum Gasteiger partial charge on any atom is -0.489 e. The number of rotatable bonds is 6. The summed E-state index contributed by atoms with van der Waals surface area (Å²) in [5.41, 5.74) is 11.6. The number of aromatic nitrogens is 1. The van der Waals surface area contributed by atoms with E-state index in [9.17, 15) is 0 Å². The third-order valence-electron chi connectivity index (χ3n) is 6.52. The van der Waals surface area contributed by atoms with Crippen LogP contribution in [-0.4, -0.2) is 11.5 Å². The molecule has 1 aromatic heterocycles. The van der Waals surface area contributed by atoms with Gasteiger partial charge in [-0.3, -0.25) is 0 Å². The van der Waals surface area contributed by atoms with Crippen LogP contribution in [0.4, 0.5) is 0 Å². The third-order valence-corrected chi connectivity index (χ3v) is 6.52. The first-order valence-electron chi connectivity index (χ1n) is 10.2. The lowest BCUT2D eigenvalue weighted by molar-refractivity contribution is 0.267. The Kier molecular flexibility index (Phi) is 4.96. The van der Waals surface area contributed by atoms with Crippen molar-refractivity contribution in [2.45, 2.75) is 51.6 Å². The fraction of sp³-hybridized carbons (Fsp3) is 0.417. The highest BCUT2D eigenvalue weighted by Gasteiger charge is 2.39. The van der Waals surface area contributed by atoms with Crippen molar-refractivity contribution in [2.75, 3.05) is 6.54 Å². The fourth-order valence-electron chi connectivity index (χ4n) is 4.80. The summed E-state index contributed by atoms with van der Waals surface area (Å²) in [6.45, 7) is 5.98. The Bertz CT molecular complexity index is 909. The summed E-state index contributed by atoms with van der Waals surface area (Å²) in [5, 5.41) is 1.31. The number of hydrogen-bond acceptors (Lipinski definition) is 2. The predicted molar refractivity (Wildman–Crippen MR) is 112 cm³/mol. The summed E-state index contributed by atoms with van der Waals surface area (Å²) < 4.78 is 6.08. The maximum atomic E-state index is 6.11. The van der Waals surface area contributed by atoms with E-state index in [2.05, 4.69) is 49.2 Å². The molecule has 0 saturated heterocycles. The molecule has 0 bridgehead atoms. The van der Waals surface area contributed by atoms with Crippen LogP contribution in [0, 0.1) is 5.92 Å². The topological polar surface area (TPSA) is 51.0 Å². The smallest absolute Gasteiger partial charge is 0.120 e. The van der Waals surface area contributed by atoms with Crippen LogP contribution in [0.3, 0.4) is 0 Å². The second kappa shape index (κ2) is 7.40. The van der Waals surface area contributed by atoms with Crippen molar-refractivity contribution < 1.29 is 4.74 Å². The van der Waals surface area contributed by atoms with E-state index >= 15 is 0 Å². The SMILES string of the molecule is CCC1(CC)CC(CN)Cc2c1[nH]c1ccc(OCc3ccccc3)cc21. The Morgan fingerprint density at radius 3 is 2.59 bits per heavy atom. The number of benzene rings is 2. The van der Waals surface area contributed by atoms with Crippen LogP contribution in [0.2, 0.25) is 0 Å². The van der Waals surface area contributed by atoms with Crippen LogP contribution in [-0.2, 0) is 18.4 Å². The molecule has 1 atom stereocenters. The third kappa shape index (κ3) is 3.25. The summed E-state index contributed by atoms with van der Waals surface area (Å²) in [5.74, 6) is 1.49. The largest absolute Gasteiger partial charge is 0.489 e. The van der Waals surface area contributed by atoms with Crippen LogP contribution in [0.5, 0.6) is 5.75 Å². The molecule has 0 radical (unpaired) electrons. The van der Waals surface area contributed by atoms with Crippen LogP contribution in [0.15, 0.2) is 48.5 Å². The molecule has 3 nitrogen and oxygen atoms in total. The molecule has 3 heteroatoms. The number of nitrogens with one attached hydrogen (secondary N) is 1. The lowest BCUT2D eigenvalue weighted by Crippen LogP contribution is -2.36. The van der Waals surface area contributed by atoms with Gasteiger partial charge in [-0.15, -0.1) is 0 Å². The van der Waals surface area contributed by atoms with Crippen molar-refractivity contribution in [1.29, 1.82) is 0 Å². The Morgan fingerprint density at radius 1 is 1.11 bits per heavy atom. The molecule has 4 rings (SSSR count). The molecule has 1 unspecified atom stereocenters. The van der Waals surface area contributed by atoms with E-state index in [0.29, 0.717) is 12.5 Å². The highest BCUT2D eigenvalue weighted by molar-refractivity contribution is 5.87. The number of ether oxygens (including phenoxy) is 1. The monoisotopic (exact) mass is 362 g/mol. The van der Waals surface area contributed by atoms with Crippen molar-refractivity contribution in [1.82, 2.24) is 4.98 Å². The molecular formula is C24H30N2O. The van der Waals surface area contributed by atoms with Crippen molar-refractivity contribution in [2.24, 2.45) is 11.7 Å². The summed E-state index contributed by atoms with van der Waals surface area (Å²) in [4.78, 5) is 3.76. The highest BCUT2D eigenvalue weighted by atomic mass is 16.5. The van der Waals surface area contributed by atoms with Crippen LogP contribution >= 0.6 is 0 Å². The van der Waals surface area contributed by atoms with Crippen molar-refractivity contribution in [3.8, 4) is 5.75 Å². The number of nitrogens with two attached hydrogens (primary N) is 1. The lowest BCUT2D eigenvalue weighted by atomic mass is 9.66. The van der Waals surface area contributed by atoms with E-state index in [1.54, 1.807) is 0 Å². The Morgan fingerprint density at radius 2 is 1.89 bits per heavy atom. The molecule has 0 spiro atoms. The molecule has 2 aromatic carbocycles. The maximum Gasteiger partial charge on any atom is 0.120 e. The van der Waals surface area contributed by atoms with E-state index in [1.807, 2.05) is 18.2 Å². The number of H-pyrrole nitrogens is 1. The van der Waals surface area contributed by atoms with Crippen LogP contribution in [0.25, 0.3) is 10.9 Å². The molecule has 142 valence electrons. The molecule has 0 amide bonds. The highest BCUT2D eigenvalue weighted by Crippen LogP contribution is 2.46. The summed E-state index contributed by atoms with van der Waals surface area (Å²) in [7, 11) is 0. The number of fused-ring (bicyclic) bond motifs is 3. The van der Waals surface area contributed by atoms with Gasteiger partial charge in [0.25, 0.3) is 0 Å². The Hall–Kier alpha value is -2.26. The summed E-state index contributed by atoms with van der Waals surface area (Å²) in [6, 6.07) is 16.8. The van der Waals surface area contributed by atoms with Crippen molar-refractivity contribution in [3.05, 3.63) is 65.4 Å². The average Bonchev–Trinajstić information content (AvgIpc) is 3.10. The van der Waals surface area contributed by atoms with E-state index in [-0.39, 0.29) is 5.41 Å². The fourth-order valence-corrected chi connectivity index (χ4v) is 4.80. The zero-order valence-electron chi connectivity index (χ0n) is 16.4. The minimum absolute atomic E-state index is 0.224. The van der Waals surface area contributed by atoms with E-state index in [1.165, 1.54) is 34.1 Å². The van der Waals surface area contributed by atoms with E-state index < -0.39 is 0 Å². The minimum atomic E-state index is 0.224. The van der Waals surface area contributed by atoms with Gasteiger partial charge in [-0.05, 0) is 67.5 Å². The summed E-state index contributed by atoms with van der Waals surface area (Å²) >= 11 is 0. The normalized spacial score (nSPS) is 18.4. The van der Waals surface area contributed by atoms with Gasteiger partial charge in [0.15, 0.2) is 0 Å². The molecule has 0 saturated carbocycles. The molecule has 1 heterocycles. The Balaban J connectivity index is 1.70. The van der Waals surface area contributed by atoms with Gasteiger partial charge in [-0.1, -0.05) is 44.2 Å². The van der Waals surface area contributed by atoms with E-state index in [4.69, 9.17) is 10.5 Å². The van der Waals surface area contributed by atoms with Gasteiger partial charge < -0.3 is 15.5 Å². The molecule has 3 N–H and O–H groups in total. The molecule has 1 aliphatic carbocycles. The number of hydrogen-bond donors (Lipinski definition) is 2. The zero-order valence-corrected chi connectivity index (χ0v) is 16.4. The first-order valence-corrected chi connectivity index (χ1v) is 10.2. The van der Waals surface area contributed by atoms with Gasteiger partial charge in [-0.2, -0.15) is 0 Å². The second-order valence-electron chi connectivity index (χ2n) is 7.96. The lowest BCUT2D eigenvalue weighted by Gasteiger charge is -2.39. The quantitative estimate of drug-likeness (QED) is 0.623. The van der Waals surface area contributed by atoms with Gasteiger partial charge in [0, 0.05) is 22.0 Å². The summed E-state index contributed by atoms with van der Waals surface area (Å²) in [6.07, 6.45) is 4.55.